The number of nitrogens with two attached hydrogens (primary N) is 1. The lowest BCUT2D eigenvalue weighted by Crippen LogP contribution is -2.57. The molecular formula is C42H78ClN2O3+. The maximum absolute atomic E-state index is 12.6. The predicted molar refractivity (Wildman–Crippen MR) is 205 cm³/mol. The van der Waals surface area contributed by atoms with Crippen LogP contribution < -0.4 is 5.73 Å². The van der Waals surface area contributed by atoms with Crippen LogP contribution in [0.5, 0.6) is 0 Å². The second-order valence-electron chi connectivity index (χ2n) is 16.2. The summed E-state index contributed by atoms with van der Waals surface area (Å²) in [6, 6.07) is 0.525. The Bertz CT molecular complexity index is 821. The number of fused-ring (bicyclic) bond motifs is 2. The second-order valence-corrected chi connectivity index (χ2v) is 16.8. The molecule has 3 aliphatic rings. The van der Waals surface area contributed by atoms with Crippen molar-refractivity contribution in [1.29, 1.82) is 0 Å². The average Bonchev–Trinajstić information content (AvgIpc) is 3.07. The molecule has 0 radical (unpaired) electrons. The molecular weight excluding hydrogens is 616 g/mol. The van der Waals surface area contributed by atoms with Crippen LogP contribution in [0.1, 0.15) is 194 Å². The zero-order valence-electron chi connectivity index (χ0n) is 31.8. The second kappa shape index (κ2) is 24.7. The zero-order valence-corrected chi connectivity index (χ0v) is 32.5. The molecule has 0 aromatic rings. The summed E-state index contributed by atoms with van der Waals surface area (Å²) in [7, 11) is 0. The van der Waals surface area contributed by atoms with E-state index in [0.29, 0.717) is 18.4 Å². The van der Waals surface area contributed by atoms with Crippen molar-refractivity contribution < 1.29 is 14.6 Å². The number of aliphatic carboxylic acids is 1. The number of hydrogen-bond donors (Lipinski definition) is 2. The molecule has 6 heteroatoms. The Balaban J connectivity index is 1.43. The van der Waals surface area contributed by atoms with E-state index in [1.165, 1.54) is 141 Å². The fraction of sp³-hybridized carbons (Fsp3) is 0.952. The van der Waals surface area contributed by atoms with E-state index >= 15 is 0 Å². The topological polar surface area (TPSA) is 75.8 Å². The van der Waals surface area contributed by atoms with Crippen LogP contribution in [0.2, 0.25) is 0 Å². The van der Waals surface area contributed by atoms with Crippen molar-refractivity contribution in [2.45, 2.75) is 224 Å². The van der Waals surface area contributed by atoms with Crippen molar-refractivity contribution >= 4 is 17.6 Å². The molecule has 0 amide bonds. The van der Waals surface area contributed by atoms with Gasteiger partial charge >= 0.3 is 5.97 Å². The van der Waals surface area contributed by atoms with Gasteiger partial charge in [0.15, 0.2) is 0 Å². The molecule has 3 fully saturated rings. The van der Waals surface area contributed by atoms with Crippen LogP contribution in [0.15, 0.2) is 0 Å². The monoisotopic (exact) mass is 694 g/mol. The highest BCUT2D eigenvalue weighted by Crippen LogP contribution is 2.52. The molecule has 2 saturated carbocycles. The molecule has 1 saturated heterocycles. The maximum atomic E-state index is 12.6. The first kappa shape index (κ1) is 41.9. The zero-order chi connectivity index (χ0) is 34.6. The van der Waals surface area contributed by atoms with E-state index < -0.39 is 5.97 Å². The number of carboxylic acids is 1. The van der Waals surface area contributed by atoms with Crippen LogP contribution in [0.4, 0.5) is 0 Å². The molecule has 48 heavy (non-hydrogen) atoms. The van der Waals surface area contributed by atoms with Gasteiger partial charge in [0, 0.05) is 18.5 Å². The fourth-order valence-corrected chi connectivity index (χ4v) is 9.54. The highest BCUT2D eigenvalue weighted by Gasteiger charge is 2.58. The predicted octanol–water partition coefficient (Wildman–Crippen LogP) is 11.5. The molecule has 5 nitrogen and oxygen atoms in total. The van der Waals surface area contributed by atoms with E-state index in [4.69, 9.17) is 22.1 Å². The van der Waals surface area contributed by atoms with E-state index in [-0.39, 0.29) is 35.5 Å². The minimum Gasteiger partial charge on any atom is -0.481 e. The fourth-order valence-electron chi connectivity index (χ4n) is 9.24. The molecule has 8 unspecified atom stereocenters. The number of hydrogen-bond acceptors (Lipinski definition) is 4. The summed E-state index contributed by atoms with van der Waals surface area (Å²) in [6.45, 7) is 9.22. The van der Waals surface area contributed by atoms with Crippen LogP contribution in [0.3, 0.4) is 0 Å². The Labute approximate surface area is 302 Å². The Morgan fingerprint density at radius 2 is 1.23 bits per heavy atom. The van der Waals surface area contributed by atoms with Gasteiger partial charge in [-0.15, -0.1) is 11.6 Å². The third-order valence-corrected chi connectivity index (χ3v) is 12.8. The first-order valence-corrected chi connectivity index (χ1v) is 21.7. The van der Waals surface area contributed by atoms with Crippen LogP contribution >= 0.6 is 11.6 Å². The van der Waals surface area contributed by atoms with Gasteiger partial charge < -0.3 is 20.5 Å². The molecule has 1 aliphatic heterocycles. The average molecular weight is 695 g/mol. The van der Waals surface area contributed by atoms with E-state index in [2.05, 4.69) is 25.7 Å². The first-order chi connectivity index (χ1) is 23.4. The Morgan fingerprint density at radius 3 is 1.75 bits per heavy atom. The summed E-state index contributed by atoms with van der Waals surface area (Å²) >= 11 is 6.78. The molecule has 3 N–H and O–H groups in total. The standard InChI is InChI=1S/C42H77ClN2O3/c1-4-7-10-11-12-13-14-15-16-17-18-19-20-21-22-23-24-33(42(46)47)29-36-35-26-25-34(45(27-8-5-2)28-9-6-3)30-40(35)48-41-32-39(44)38(43)31-37(36)41/h33-35,37-41H,4-32,44H2,1-3H3/p+1. The van der Waals surface area contributed by atoms with Gasteiger partial charge in [0.05, 0.1) is 11.3 Å². The molecule has 0 aromatic heterocycles. The highest BCUT2D eigenvalue weighted by molar-refractivity contribution is 6.21. The SMILES string of the molecule is CCCCCCCCCCCCCCCCCCC(C[C+]1C2CCC(N(CCCC)CCCC)CC2OC2CC(N)C(Cl)CC12)C(=O)O. The van der Waals surface area contributed by atoms with Gasteiger partial charge in [0.25, 0.3) is 0 Å². The summed E-state index contributed by atoms with van der Waals surface area (Å²) in [6.07, 6.45) is 33.2. The maximum Gasteiger partial charge on any atom is 0.310 e. The number of unbranched alkanes of at least 4 members (excludes halogenated alkanes) is 17. The lowest BCUT2D eigenvalue weighted by atomic mass is 9.61. The van der Waals surface area contributed by atoms with Crippen molar-refractivity contribution in [1.82, 2.24) is 4.90 Å². The van der Waals surface area contributed by atoms with Crippen molar-refractivity contribution in [3.63, 3.8) is 0 Å². The molecule has 2 aliphatic carbocycles. The molecule has 0 spiro atoms. The summed E-state index contributed by atoms with van der Waals surface area (Å²) in [5, 5.41) is 10.3. The van der Waals surface area contributed by atoms with Gasteiger partial charge in [0.2, 0.25) is 0 Å². The molecule has 0 aromatic carbocycles. The van der Waals surface area contributed by atoms with Gasteiger partial charge in [-0.25, -0.2) is 0 Å². The van der Waals surface area contributed by atoms with Gasteiger partial charge in [-0.05, 0) is 58.0 Å². The van der Waals surface area contributed by atoms with Gasteiger partial charge in [0.1, 0.15) is 36.4 Å². The third-order valence-electron chi connectivity index (χ3n) is 12.3. The molecule has 3 rings (SSSR count). The number of rotatable bonds is 27. The molecule has 8 atom stereocenters. The van der Waals surface area contributed by atoms with E-state index in [9.17, 15) is 9.90 Å². The van der Waals surface area contributed by atoms with Crippen molar-refractivity contribution in [3.05, 3.63) is 5.92 Å². The van der Waals surface area contributed by atoms with E-state index in [0.717, 1.165) is 44.9 Å². The highest BCUT2D eigenvalue weighted by atomic mass is 35.5. The smallest absolute Gasteiger partial charge is 0.310 e. The lowest BCUT2D eigenvalue weighted by Gasteiger charge is -2.49. The summed E-state index contributed by atoms with van der Waals surface area (Å²) in [5.41, 5.74) is 6.48. The number of carbonyl (C=O) groups is 1. The van der Waals surface area contributed by atoms with Crippen molar-refractivity contribution in [2.24, 2.45) is 23.5 Å². The molecule has 1 heterocycles. The minimum atomic E-state index is -0.614. The summed E-state index contributed by atoms with van der Waals surface area (Å²) in [5.74, 6) is 1.20. The number of halogens is 1. The normalized spacial score (nSPS) is 28.0. The number of alkyl halides is 1. The van der Waals surface area contributed by atoms with Crippen LogP contribution in [-0.2, 0) is 9.53 Å². The minimum absolute atomic E-state index is 0.0453. The Kier molecular flexibility index (Phi) is 21.5. The largest absolute Gasteiger partial charge is 0.481 e. The summed E-state index contributed by atoms with van der Waals surface area (Å²) in [4.78, 5) is 15.4. The Hall–Kier alpha value is -0.490. The first-order valence-electron chi connectivity index (χ1n) is 21.3. The quantitative estimate of drug-likeness (QED) is 0.0509. The van der Waals surface area contributed by atoms with Crippen molar-refractivity contribution in [2.75, 3.05) is 13.1 Å². The van der Waals surface area contributed by atoms with Gasteiger partial charge in [-0.3, -0.25) is 4.79 Å². The number of nitrogens with zero attached hydrogens (tertiary/aromatic N) is 1. The molecule has 0 bridgehead atoms. The van der Waals surface area contributed by atoms with E-state index in [1.54, 1.807) is 0 Å². The number of ether oxygens (including phenoxy) is 1. The van der Waals surface area contributed by atoms with Gasteiger partial charge in [-0.1, -0.05) is 136 Å². The van der Waals surface area contributed by atoms with Gasteiger partial charge in [-0.2, -0.15) is 0 Å². The summed E-state index contributed by atoms with van der Waals surface area (Å²) < 4.78 is 6.94. The van der Waals surface area contributed by atoms with E-state index in [1.807, 2.05) is 0 Å². The van der Waals surface area contributed by atoms with Crippen molar-refractivity contribution in [3.8, 4) is 0 Å². The third kappa shape index (κ3) is 14.6. The van der Waals surface area contributed by atoms with Crippen LogP contribution in [0, 0.1) is 23.7 Å². The molecule has 280 valence electrons. The van der Waals surface area contributed by atoms with Crippen LogP contribution in [-0.4, -0.2) is 58.7 Å². The number of carboxylic acid groups (broad SMARTS) is 1. The van der Waals surface area contributed by atoms with Crippen LogP contribution in [0.25, 0.3) is 0 Å². The Morgan fingerprint density at radius 1 is 0.729 bits per heavy atom. The lowest BCUT2D eigenvalue weighted by molar-refractivity contribution is -0.149.